The number of esters is 1. The van der Waals surface area contributed by atoms with Gasteiger partial charge in [0.1, 0.15) is 18.7 Å². The normalized spacial score (nSPS) is 33.8. The van der Waals surface area contributed by atoms with E-state index in [-0.39, 0.29) is 47.1 Å². The van der Waals surface area contributed by atoms with Gasteiger partial charge in [-0.15, -0.1) is 0 Å². The fourth-order valence-corrected chi connectivity index (χ4v) is 6.45. The maximum atomic E-state index is 13.8. The predicted octanol–water partition coefficient (Wildman–Crippen LogP) is 3.54. The molecule has 33 heavy (non-hydrogen) atoms. The highest BCUT2D eigenvalue weighted by atomic mass is 16.5. The Morgan fingerprint density at radius 1 is 1.12 bits per heavy atom. The molecule has 6 heteroatoms. The van der Waals surface area contributed by atoms with Crippen molar-refractivity contribution in [2.24, 2.45) is 34.0 Å². The Hall–Kier alpha value is -2.37. The van der Waals surface area contributed by atoms with Gasteiger partial charge in [-0.1, -0.05) is 65.0 Å². The van der Waals surface area contributed by atoms with E-state index in [0.717, 1.165) is 24.8 Å². The monoisotopic (exact) mass is 452 g/mol. The number of carbonyl (C=O) groups is 3. The Morgan fingerprint density at radius 2 is 1.76 bits per heavy atom. The summed E-state index contributed by atoms with van der Waals surface area (Å²) in [6, 6.07) is 8.33. The van der Waals surface area contributed by atoms with Crippen LogP contribution in [0.2, 0.25) is 0 Å². The molecule has 2 bridgehead atoms. The Morgan fingerprint density at radius 3 is 2.30 bits per heavy atom. The van der Waals surface area contributed by atoms with Crippen LogP contribution in [-0.2, 0) is 25.7 Å². The predicted molar refractivity (Wildman–Crippen MR) is 124 cm³/mol. The van der Waals surface area contributed by atoms with Gasteiger partial charge in [0.25, 0.3) is 0 Å². The first-order chi connectivity index (χ1) is 15.4. The molecular formula is C27H36N2O4. The Bertz CT molecular complexity index is 963. The molecule has 4 aliphatic carbocycles. The van der Waals surface area contributed by atoms with Gasteiger partial charge in [-0.3, -0.25) is 9.59 Å². The van der Waals surface area contributed by atoms with Crippen LogP contribution in [-0.4, -0.2) is 41.3 Å². The van der Waals surface area contributed by atoms with Gasteiger partial charge in [-0.2, -0.15) is 0 Å². The summed E-state index contributed by atoms with van der Waals surface area (Å²) >= 11 is 0. The van der Waals surface area contributed by atoms with Gasteiger partial charge in [-0.25, -0.2) is 4.79 Å². The maximum Gasteiger partial charge on any atom is 0.329 e. The number of rotatable bonds is 6. The third-order valence-corrected chi connectivity index (χ3v) is 8.87. The van der Waals surface area contributed by atoms with Gasteiger partial charge < -0.3 is 15.0 Å². The topological polar surface area (TPSA) is 75.7 Å². The molecule has 4 saturated carbocycles. The van der Waals surface area contributed by atoms with Crippen molar-refractivity contribution in [2.45, 2.75) is 72.6 Å². The van der Waals surface area contributed by atoms with Crippen molar-refractivity contribution >= 4 is 17.8 Å². The molecule has 5 aliphatic rings. The van der Waals surface area contributed by atoms with Crippen LogP contribution < -0.4 is 5.32 Å². The zero-order chi connectivity index (χ0) is 23.8. The summed E-state index contributed by atoms with van der Waals surface area (Å²) in [4.78, 5) is 41.9. The second-order valence-corrected chi connectivity index (χ2v) is 12.5. The van der Waals surface area contributed by atoms with Gasteiger partial charge in [0.15, 0.2) is 0 Å². The number of amides is 2. The van der Waals surface area contributed by atoms with Crippen molar-refractivity contribution < 1.29 is 19.1 Å². The minimum Gasteiger partial charge on any atom is -0.459 e. The second kappa shape index (κ2) is 7.31. The van der Waals surface area contributed by atoms with Crippen LogP contribution in [0.5, 0.6) is 0 Å². The number of hydrogen-bond acceptors (Lipinski definition) is 4. The lowest BCUT2D eigenvalue weighted by Gasteiger charge is -2.60. The minimum atomic E-state index is -0.663. The Balaban J connectivity index is 1.33. The van der Waals surface area contributed by atoms with Crippen molar-refractivity contribution in [1.82, 2.24) is 10.2 Å². The van der Waals surface area contributed by atoms with Crippen LogP contribution in [0.25, 0.3) is 0 Å². The number of fused-ring (bicyclic) bond motifs is 1. The molecule has 178 valence electrons. The van der Waals surface area contributed by atoms with Crippen LogP contribution in [0, 0.1) is 34.0 Å². The van der Waals surface area contributed by atoms with E-state index in [1.165, 1.54) is 0 Å². The molecule has 0 spiro atoms. The Labute approximate surface area is 196 Å². The molecule has 1 N–H and O–H groups in total. The van der Waals surface area contributed by atoms with Crippen molar-refractivity contribution in [1.29, 1.82) is 0 Å². The van der Waals surface area contributed by atoms with Gasteiger partial charge in [0.2, 0.25) is 11.8 Å². The van der Waals surface area contributed by atoms with E-state index in [1.54, 1.807) is 4.90 Å². The molecular weight excluding hydrogens is 416 g/mol. The minimum absolute atomic E-state index is 0.00571. The highest BCUT2D eigenvalue weighted by molar-refractivity contribution is 5.94. The van der Waals surface area contributed by atoms with Crippen LogP contribution in [0.1, 0.15) is 59.4 Å². The van der Waals surface area contributed by atoms with E-state index < -0.39 is 17.5 Å². The zero-order valence-electron chi connectivity index (χ0n) is 20.4. The highest BCUT2D eigenvalue weighted by Crippen LogP contribution is 2.66. The SMILES string of the molecule is CC(C)(C)[C@H](NC(=O)C12CC(C1)C2)C(=O)N1C[C@H]2[C@@H]([C@H]1C(=O)OCc1ccccc1)C2(C)C. The van der Waals surface area contributed by atoms with Crippen LogP contribution >= 0.6 is 0 Å². The number of nitrogens with one attached hydrogen (secondary N) is 1. The molecule has 1 heterocycles. The largest absolute Gasteiger partial charge is 0.459 e. The molecule has 1 aromatic rings. The average Bonchev–Trinajstić information content (AvgIpc) is 3.02. The van der Waals surface area contributed by atoms with Crippen molar-refractivity contribution in [3.63, 3.8) is 0 Å². The number of piperidine rings is 1. The first-order valence-electron chi connectivity index (χ1n) is 12.3. The van der Waals surface area contributed by atoms with Crippen LogP contribution in [0.4, 0.5) is 0 Å². The van der Waals surface area contributed by atoms with E-state index in [2.05, 4.69) is 19.2 Å². The van der Waals surface area contributed by atoms with Gasteiger partial charge in [0, 0.05) is 17.9 Å². The molecule has 0 aromatic heterocycles. The van der Waals surface area contributed by atoms with E-state index in [0.29, 0.717) is 12.5 Å². The summed E-state index contributed by atoms with van der Waals surface area (Å²) < 4.78 is 5.70. The lowest BCUT2D eigenvalue weighted by molar-refractivity contribution is -0.169. The standard InChI is InChI=1S/C27H36N2O4/c1-25(2,3)21(28-24(32)27-11-17(12-27)13-27)22(30)29-14-18-19(26(18,4)5)20(29)23(31)33-15-16-9-7-6-8-10-16/h6-10,17-21H,11-15H2,1-5H3,(H,28,32)/t17?,18-,19-,20-,21+,27?/m0/s1. The zero-order valence-corrected chi connectivity index (χ0v) is 20.4. The fourth-order valence-electron chi connectivity index (χ4n) is 6.45. The summed E-state index contributed by atoms with van der Waals surface area (Å²) in [6.45, 7) is 11.0. The smallest absolute Gasteiger partial charge is 0.329 e. The molecule has 2 amide bonds. The van der Waals surface area contributed by atoms with E-state index in [9.17, 15) is 14.4 Å². The van der Waals surface area contributed by atoms with E-state index in [4.69, 9.17) is 4.74 Å². The van der Waals surface area contributed by atoms with Crippen molar-refractivity contribution in [3.8, 4) is 0 Å². The molecule has 5 fully saturated rings. The third-order valence-electron chi connectivity index (χ3n) is 8.87. The fraction of sp³-hybridized carbons (Fsp3) is 0.667. The van der Waals surface area contributed by atoms with E-state index >= 15 is 0 Å². The van der Waals surface area contributed by atoms with Crippen molar-refractivity contribution in [2.75, 3.05) is 6.54 Å². The molecule has 4 atom stereocenters. The summed E-state index contributed by atoms with van der Waals surface area (Å²) in [5, 5.41) is 3.10. The number of nitrogens with zero attached hydrogens (tertiary/aromatic N) is 1. The number of carbonyl (C=O) groups excluding carboxylic acids is 3. The summed E-state index contributed by atoms with van der Waals surface area (Å²) in [7, 11) is 0. The number of benzene rings is 1. The first kappa shape index (κ1) is 22.4. The first-order valence-corrected chi connectivity index (χ1v) is 12.3. The average molecular weight is 453 g/mol. The molecule has 0 unspecified atom stereocenters. The van der Waals surface area contributed by atoms with Crippen LogP contribution in [0.3, 0.4) is 0 Å². The molecule has 1 aromatic carbocycles. The van der Waals surface area contributed by atoms with Gasteiger partial charge in [-0.05, 0) is 47.5 Å². The molecule has 0 radical (unpaired) electrons. The van der Waals surface area contributed by atoms with Crippen molar-refractivity contribution in [3.05, 3.63) is 35.9 Å². The molecule has 1 aliphatic heterocycles. The molecule has 6 nitrogen and oxygen atoms in total. The lowest BCUT2D eigenvalue weighted by Crippen LogP contribution is -2.65. The number of likely N-dealkylation sites (tertiary alicyclic amines) is 1. The number of ether oxygens (including phenoxy) is 1. The van der Waals surface area contributed by atoms with E-state index in [1.807, 2.05) is 51.1 Å². The second-order valence-electron chi connectivity index (χ2n) is 12.5. The lowest BCUT2D eigenvalue weighted by atomic mass is 9.44. The Kier molecular flexibility index (Phi) is 4.97. The van der Waals surface area contributed by atoms with Crippen LogP contribution in [0.15, 0.2) is 30.3 Å². The number of hydrogen-bond donors (Lipinski definition) is 1. The molecule has 6 rings (SSSR count). The maximum absolute atomic E-state index is 13.8. The summed E-state index contributed by atoms with van der Waals surface area (Å²) in [5.74, 6) is 0.571. The quantitative estimate of drug-likeness (QED) is 0.670. The van der Waals surface area contributed by atoms with Gasteiger partial charge >= 0.3 is 5.97 Å². The summed E-state index contributed by atoms with van der Waals surface area (Å²) in [5.41, 5.74) is 0.223. The highest BCUT2D eigenvalue weighted by Gasteiger charge is 2.70. The third kappa shape index (κ3) is 3.57. The molecule has 1 saturated heterocycles. The summed E-state index contributed by atoms with van der Waals surface area (Å²) in [6.07, 6.45) is 2.83. The van der Waals surface area contributed by atoms with Gasteiger partial charge in [0.05, 0.1) is 0 Å².